The zero-order chi connectivity index (χ0) is 18.7. The molecule has 25 heavy (non-hydrogen) atoms. The van der Waals surface area contributed by atoms with Gasteiger partial charge in [0.05, 0.1) is 22.9 Å². The summed E-state index contributed by atoms with van der Waals surface area (Å²) in [7, 11) is -3.30. The molecule has 138 valence electrons. The Morgan fingerprint density at radius 2 is 1.96 bits per heavy atom. The first-order chi connectivity index (χ1) is 11.5. The van der Waals surface area contributed by atoms with E-state index < -0.39 is 27.0 Å². The van der Waals surface area contributed by atoms with E-state index in [2.05, 4.69) is 5.32 Å². The first-order valence-corrected chi connectivity index (χ1v) is 9.71. The fourth-order valence-electron chi connectivity index (χ4n) is 3.02. The van der Waals surface area contributed by atoms with Crippen LogP contribution in [0.1, 0.15) is 24.0 Å². The smallest absolute Gasteiger partial charge is 0.384 e. The van der Waals surface area contributed by atoms with Gasteiger partial charge in [-0.05, 0) is 31.0 Å². The highest BCUT2D eigenvalue weighted by molar-refractivity contribution is 7.90. The van der Waals surface area contributed by atoms with E-state index in [-0.39, 0.29) is 23.5 Å². The highest BCUT2D eigenvalue weighted by Crippen LogP contribution is 2.37. The predicted octanol–water partition coefficient (Wildman–Crippen LogP) is 2.83. The Labute approximate surface area is 144 Å². The molecule has 0 aromatic heterocycles. The first-order valence-electron chi connectivity index (χ1n) is 7.65. The van der Waals surface area contributed by atoms with E-state index in [4.69, 9.17) is 10.00 Å². The molecule has 1 N–H and O–H groups in total. The third kappa shape index (κ3) is 5.34. The molecule has 5 nitrogen and oxygen atoms in total. The van der Waals surface area contributed by atoms with Crippen LogP contribution in [0.15, 0.2) is 18.2 Å². The van der Waals surface area contributed by atoms with Crippen molar-refractivity contribution in [3.63, 3.8) is 0 Å². The molecule has 9 heteroatoms. The lowest BCUT2D eigenvalue weighted by molar-refractivity contribution is -0.137. The molecule has 1 fully saturated rings. The van der Waals surface area contributed by atoms with Gasteiger partial charge in [0, 0.05) is 37.1 Å². The summed E-state index contributed by atoms with van der Waals surface area (Å²) < 4.78 is 68.4. The van der Waals surface area contributed by atoms with Crippen LogP contribution in [0.2, 0.25) is 0 Å². The lowest BCUT2D eigenvalue weighted by Gasteiger charge is -2.37. The Bertz CT molecular complexity index is 764. The van der Waals surface area contributed by atoms with Gasteiger partial charge in [-0.25, -0.2) is 8.42 Å². The van der Waals surface area contributed by atoms with Gasteiger partial charge in [0.2, 0.25) is 0 Å². The number of alkyl halides is 3. The molecule has 0 bridgehead atoms. The molecule has 0 spiro atoms. The monoisotopic (exact) mass is 376 g/mol. The normalized spacial score (nSPS) is 17.7. The molecule has 1 aromatic carbocycles. The largest absolute Gasteiger partial charge is 0.418 e. The minimum Gasteiger partial charge on any atom is -0.384 e. The summed E-state index contributed by atoms with van der Waals surface area (Å²) in [6, 6.07) is 4.97. The Morgan fingerprint density at radius 3 is 2.48 bits per heavy atom. The van der Waals surface area contributed by atoms with E-state index in [1.165, 1.54) is 12.1 Å². The van der Waals surface area contributed by atoms with Crippen molar-refractivity contribution in [1.82, 2.24) is 0 Å². The van der Waals surface area contributed by atoms with Crippen molar-refractivity contribution in [2.24, 2.45) is 5.41 Å². The number of nitriles is 1. The number of hydrogen-bond donors (Lipinski definition) is 1. The van der Waals surface area contributed by atoms with E-state index >= 15 is 0 Å². The number of hydrogen-bond acceptors (Lipinski definition) is 5. The summed E-state index contributed by atoms with van der Waals surface area (Å²) in [5.41, 5.74) is -1.86. The van der Waals surface area contributed by atoms with Crippen molar-refractivity contribution in [1.29, 1.82) is 5.26 Å². The van der Waals surface area contributed by atoms with Crippen molar-refractivity contribution in [3.05, 3.63) is 29.3 Å². The molecule has 1 aliphatic heterocycles. The summed E-state index contributed by atoms with van der Waals surface area (Å²) in [5.74, 6) is -0.117. The second-order valence-corrected chi connectivity index (χ2v) is 8.55. The number of rotatable bonds is 5. The Balaban J connectivity index is 2.27. The molecule has 1 aliphatic rings. The second kappa shape index (κ2) is 7.22. The first kappa shape index (κ1) is 19.5. The SMILES string of the molecule is CS(=O)(=O)CC1(CNc2ccc(C#N)cc2C(F)(F)F)CCOCC1. The van der Waals surface area contributed by atoms with Gasteiger partial charge in [-0.1, -0.05) is 0 Å². The molecule has 0 atom stereocenters. The van der Waals surface area contributed by atoms with Crippen LogP contribution in [0.5, 0.6) is 0 Å². The van der Waals surface area contributed by atoms with Crippen molar-refractivity contribution < 1.29 is 26.3 Å². The Morgan fingerprint density at radius 1 is 1.32 bits per heavy atom. The van der Waals surface area contributed by atoms with Crippen LogP contribution >= 0.6 is 0 Å². The van der Waals surface area contributed by atoms with Gasteiger partial charge in [-0.3, -0.25) is 0 Å². The lowest BCUT2D eigenvalue weighted by atomic mass is 9.82. The van der Waals surface area contributed by atoms with Crippen LogP contribution in [-0.4, -0.2) is 40.2 Å². The van der Waals surface area contributed by atoms with Crippen molar-refractivity contribution in [3.8, 4) is 6.07 Å². The van der Waals surface area contributed by atoms with Crippen LogP contribution in [0.25, 0.3) is 0 Å². The summed E-state index contributed by atoms with van der Waals surface area (Å²) in [4.78, 5) is 0. The third-order valence-corrected chi connectivity index (χ3v) is 5.37. The standard InChI is InChI=1S/C16H19F3N2O3S/c1-25(22,23)11-15(4-6-24-7-5-15)10-21-14-3-2-12(9-20)8-13(14)16(17,18)19/h2-3,8,21H,4-7,10-11H2,1H3. The molecular weight excluding hydrogens is 357 g/mol. The number of benzene rings is 1. The number of anilines is 1. The molecular formula is C16H19F3N2O3S. The predicted molar refractivity (Wildman–Crippen MR) is 86.8 cm³/mol. The molecule has 0 radical (unpaired) electrons. The average molecular weight is 376 g/mol. The van der Waals surface area contributed by atoms with Crippen LogP contribution in [0, 0.1) is 16.7 Å². The molecule has 0 aliphatic carbocycles. The molecule has 0 amide bonds. The summed E-state index contributed by atoms with van der Waals surface area (Å²) in [5, 5.41) is 11.6. The van der Waals surface area contributed by atoms with Gasteiger partial charge >= 0.3 is 6.18 Å². The minimum absolute atomic E-state index is 0.0818. The van der Waals surface area contributed by atoms with Crippen LogP contribution < -0.4 is 5.32 Å². The number of ether oxygens (including phenoxy) is 1. The van der Waals surface area contributed by atoms with E-state index in [0.717, 1.165) is 12.3 Å². The van der Waals surface area contributed by atoms with Gasteiger partial charge in [-0.2, -0.15) is 18.4 Å². The fourth-order valence-corrected chi connectivity index (χ4v) is 4.52. The maximum absolute atomic E-state index is 13.2. The highest BCUT2D eigenvalue weighted by atomic mass is 32.2. The number of nitrogens with one attached hydrogen (secondary N) is 1. The van der Waals surface area contributed by atoms with Gasteiger partial charge in [0.1, 0.15) is 9.84 Å². The average Bonchev–Trinajstić information content (AvgIpc) is 2.51. The van der Waals surface area contributed by atoms with Gasteiger partial charge in [-0.15, -0.1) is 0 Å². The van der Waals surface area contributed by atoms with Gasteiger partial charge in [0.25, 0.3) is 0 Å². The third-order valence-electron chi connectivity index (χ3n) is 4.23. The van der Waals surface area contributed by atoms with Crippen LogP contribution in [0.3, 0.4) is 0 Å². The maximum Gasteiger partial charge on any atom is 0.418 e. The van der Waals surface area contributed by atoms with Gasteiger partial charge < -0.3 is 10.1 Å². The van der Waals surface area contributed by atoms with E-state index in [1.807, 2.05) is 0 Å². The quantitative estimate of drug-likeness (QED) is 0.855. The van der Waals surface area contributed by atoms with E-state index in [0.29, 0.717) is 26.1 Å². The van der Waals surface area contributed by atoms with Crippen LogP contribution in [0.4, 0.5) is 18.9 Å². The molecule has 1 heterocycles. The molecule has 0 saturated carbocycles. The fraction of sp³-hybridized carbons (Fsp3) is 0.562. The molecule has 1 aromatic rings. The maximum atomic E-state index is 13.2. The molecule has 2 rings (SSSR count). The number of sulfone groups is 1. The lowest BCUT2D eigenvalue weighted by Crippen LogP contribution is -2.41. The molecule has 1 saturated heterocycles. The summed E-state index contributed by atoms with van der Waals surface area (Å²) in [6.07, 6.45) is -2.60. The Hall–Kier alpha value is -1.79. The Kier molecular flexibility index (Phi) is 5.64. The zero-order valence-electron chi connectivity index (χ0n) is 13.7. The molecule has 0 unspecified atom stereocenters. The summed E-state index contributed by atoms with van der Waals surface area (Å²) in [6.45, 7) is 0.825. The number of halogens is 3. The van der Waals surface area contributed by atoms with Crippen molar-refractivity contribution in [2.45, 2.75) is 19.0 Å². The number of nitrogens with zero attached hydrogens (tertiary/aromatic N) is 1. The van der Waals surface area contributed by atoms with Crippen molar-refractivity contribution >= 4 is 15.5 Å². The zero-order valence-corrected chi connectivity index (χ0v) is 14.5. The highest BCUT2D eigenvalue weighted by Gasteiger charge is 2.38. The van der Waals surface area contributed by atoms with Crippen molar-refractivity contribution in [2.75, 3.05) is 37.1 Å². The van der Waals surface area contributed by atoms with E-state index in [1.54, 1.807) is 6.07 Å². The van der Waals surface area contributed by atoms with Crippen LogP contribution in [-0.2, 0) is 20.8 Å². The van der Waals surface area contributed by atoms with Gasteiger partial charge in [0.15, 0.2) is 0 Å². The minimum atomic E-state index is -4.62. The van der Waals surface area contributed by atoms with E-state index in [9.17, 15) is 21.6 Å². The topological polar surface area (TPSA) is 79.2 Å². The summed E-state index contributed by atoms with van der Waals surface area (Å²) >= 11 is 0. The second-order valence-electron chi connectivity index (χ2n) is 6.41.